The number of carbonyl (C=O) groups is 1. The standard InChI is InChI=1S/C10H10ClFO4S/c1-3-16-10(13)6-4-5-7(17(2,14)15)9(12)8(6)11/h4-5H,3H2,1-2H3. The van der Waals surface area contributed by atoms with Crippen LogP contribution in [-0.4, -0.2) is 27.2 Å². The second-order valence-electron chi connectivity index (χ2n) is 3.23. The van der Waals surface area contributed by atoms with Crippen molar-refractivity contribution in [3.63, 3.8) is 0 Å². The lowest BCUT2D eigenvalue weighted by molar-refractivity contribution is 0.0526. The van der Waals surface area contributed by atoms with Gasteiger partial charge < -0.3 is 4.74 Å². The zero-order valence-corrected chi connectivity index (χ0v) is 10.7. The molecule has 0 saturated heterocycles. The van der Waals surface area contributed by atoms with Crippen molar-refractivity contribution in [2.24, 2.45) is 0 Å². The van der Waals surface area contributed by atoms with Crippen LogP contribution in [0.5, 0.6) is 0 Å². The molecule has 0 saturated carbocycles. The molecule has 94 valence electrons. The Bertz CT molecular complexity index is 554. The van der Waals surface area contributed by atoms with Gasteiger partial charge in [0, 0.05) is 6.26 Å². The number of benzene rings is 1. The molecule has 1 aromatic carbocycles. The quantitative estimate of drug-likeness (QED) is 0.795. The van der Waals surface area contributed by atoms with Gasteiger partial charge in [0.05, 0.1) is 17.2 Å². The van der Waals surface area contributed by atoms with Crippen molar-refractivity contribution in [3.8, 4) is 0 Å². The number of hydrogen-bond acceptors (Lipinski definition) is 4. The van der Waals surface area contributed by atoms with Crippen molar-refractivity contribution in [1.82, 2.24) is 0 Å². The second kappa shape index (κ2) is 5.01. The van der Waals surface area contributed by atoms with Crippen molar-refractivity contribution >= 4 is 27.4 Å². The average Bonchev–Trinajstić information content (AvgIpc) is 2.20. The summed E-state index contributed by atoms with van der Waals surface area (Å²) in [5.41, 5.74) is -0.196. The molecule has 1 rings (SSSR count). The number of esters is 1. The highest BCUT2D eigenvalue weighted by atomic mass is 35.5. The van der Waals surface area contributed by atoms with Crippen molar-refractivity contribution in [3.05, 3.63) is 28.5 Å². The fourth-order valence-electron chi connectivity index (χ4n) is 1.18. The lowest BCUT2D eigenvalue weighted by Gasteiger charge is -2.07. The van der Waals surface area contributed by atoms with E-state index in [4.69, 9.17) is 11.6 Å². The van der Waals surface area contributed by atoms with Gasteiger partial charge in [-0.3, -0.25) is 0 Å². The van der Waals surface area contributed by atoms with Crippen LogP contribution in [0.15, 0.2) is 17.0 Å². The van der Waals surface area contributed by atoms with Crippen molar-refractivity contribution in [2.75, 3.05) is 12.9 Å². The highest BCUT2D eigenvalue weighted by molar-refractivity contribution is 7.90. The zero-order valence-electron chi connectivity index (χ0n) is 9.16. The van der Waals surface area contributed by atoms with Crippen LogP contribution in [0, 0.1) is 5.82 Å². The Morgan fingerprint density at radius 1 is 1.47 bits per heavy atom. The third kappa shape index (κ3) is 2.95. The monoisotopic (exact) mass is 280 g/mol. The molecule has 4 nitrogen and oxygen atoms in total. The summed E-state index contributed by atoms with van der Waals surface area (Å²) in [6.45, 7) is 1.71. The summed E-state index contributed by atoms with van der Waals surface area (Å²) < 4.78 is 40.7. The number of ether oxygens (including phenoxy) is 1. The highest BCUT2D eigenvalue weighted by Crippen LogP contribution is 2.26. The Kier molecular flexibility index (Phi) is 4.11. The van der Waals surface area contributed by atoms with E-state index in [-0.39, 0.29) is 12.2 Å². The minimum absolute atomic E-state index is 0.116. The predicted molar refractivity (Wildman–Crippen MR) is 60.5 cm³/mol. The first-order valence-corrected chi connectivity index (χ1v) is 6.91. The van der Waals surface area contributed by atoms with Gasteiger partial charge in [0.1, 0.15) is 4.90 Å². The molecular weight excluding hydrogens is 271 g/mol. The molecule has 0 aliphatic rings. The maximum absolute atomic E-state index is 13.6. The fourth-order valence-corrected chi connectivity index (χ4v) is 2.23. The van der Waals surface area contributed by atoms with E-state index in [0.29, 0.717) is 0 Å². The molecule has 17 heavy (non-hydrogen) atoms. The molecule has 7 heteroatoms. The van der Waals surface area contributed by atoms with Gasteiger partial charge >= 0.3 is 5.97 Å². The van der Waals surface area contributed by atoms with Crippen LogP contribution in [0.2, 0.25) is 5.02 Å². The summed E-state index contributed by atoms with van der Waals surface area (Å²) in [6.07, 6.45) is 0.853. The van der Waals surface area contributed by atoms with Gasteiger partial charge in [0.15, 0.2) is 15.7 Å². The number of hydrogen-bond donors (Lipinski definition) is 0. The first kappa shape index (κ1) is 13.9. The molecule has 0 spiro atoms. The Balaban J connectivity index is 3.34. The molecule has 0 aromatic heterocycles. The van der Waals surface area contributed by atoms with Gasteiger partial charge in [0.2, 0.25) is 0 Å². The van der Waals surface area contributed by atoms with E-state index in [9.17, 15) is 17.6 Å². The van der Waals surface area contributed by atoms with Crippen LogP contribution in [-0.2, 0) is 14.6 Å². The Morgan fingerprint density at radius 3 is 2.53 bits per heavy atom. The molecule has 0 atom stereocenters. The summed E-state index contributed by atoms with van der Waals surface area (Å²) in [7, 11) is -3.72. The molecule has 1 aromatic rings. The van der Waals surface area contributed by atoms with E-state index >= 15 is 0 Å². The van der Waals surface area contributed by atoms with E-state index in [2.05, 4.69) is 4.74 Å². The largest absolute Gasteiger partial charge is 0.462 e. The van der Waals surface area contributed by atoms with Gasteiger partial charge in [-0.2, -0.15) is 0 Å². The van der Waals surface area contributed by atoms with E-state index < -0.39 is 31.5 Å². The van der Waals surface area contributed by atoms with Crippen molar-refractivity contribution in [2.45, 2.75) is 11.8 Å². The van der Waals surface area contributed by atoms with Crippen LogP contribution >= 0.6 is 11.6 Å². The molecule has 0 fully saturated rings. The minimum Gasteiger partial charge on any atom is -0.462 e. The number of carbonyl (C=O) groups excluding carboxylic acids is 1. The Hall–Kier alpha value is -1.14. The lowest BCUT2D eigenvalue weighted by Crippen LogP contribution is -2.09. The van der Waals surface area contributed by atoms with Crippen LogP contribution in [0.4, 0.5) is 4.39 Å². The average molecular weight is 281 g/mol. The van der Waals surface area contributed by atoms with Gasteiger partial charge in [0.25, 0.3) is 0 Å². The molecule has 0 bridgehead atoms. The lowest BCUT2D eigenvalue weighted by atomic mass is 10.2. The summed E-state index contributed by atoms with van der Waals surface area (Å²) >= 11 is 5.59. The second-order valence-corrected chi connectivity index (χ2v) is 5.59. The maximum Gasteiger partial charge on any atom is 0.339 e. The summed E-state index contributed by atoms with van der Waals surface area (Å²) in [5, 5.41) is -0.550. The minimum atomic E-state index is -3.72. The van der Waals surface area contributed by atoms with Crippen LogP contribution in [0.3, 0.4) is 0 Å². The zero-order chi connectivity index (χ0) is 13.2. The normalized spacial score (nSPS) is 11.3. The van der Waals surface area contributed by atoms with Crippen LogP contribution in [0.1, 0.15) is 17.3 Å². The summed E-state index contributed by atoms with van der Waals surface area (Å²) in [4.78, 5) is 10.8. The van der Waals surface area contributed by atoms with Gasteiger partial charge in [-0.25, -0.2) is 17.6 Å². The van der Waals surface area contributed by atoms with E-state index in [1.807, 2.05) is 0 Å². The number of sulfone groups is 1. The third-order valence-corrected chi connectivity index (χ3v) is 3.43. The smallest absolute Gasteiger partial charge is 0.339 e. The van der Waals surface area contributed by atoms with E-state index in [0.717, 1.165) is 18.4 Å². The Morgan fingerprint density at radius 2 is 2.06 bits per heavy atom. The molecule has 0 aliphatic carbocycles. The SMILES string of the molecule is CCOC(=O)c1ccc(S(C)(=O)=O)c(F)c1Cl. The van der Waals surface area contributed by atoms with E-state index in [1.165, 1.54) is 0 Å². The number of halogens is 2. The highest BCUT2D eigenvalue weighted by Gasteiger charge is 2.22. The summed E-state index contributed by atoms with van der Waals surface area (Å²) in [5.74, 6) is -1.93. The third-order valence-electron chi connectivity index (χ3n) is 1.94. The first-order chi connectivity index (χ1) is 7.79. The first-order valence-electron chi connectivity index (χ1n) is 4.64. The summed E-state index contributed by atoms with van der Waals surface area (Å²) in [6, 6.07) is 2.11. The van der Waals surface area contributed by atoms with Gasteiger partial charge in [-0.05, 0) is 19.1 Å². The molecular formula is C10H10ClFO4S. The van der Waals surface area contributed by atoms with Crippen molar-refractivity contribution in [1.29, 1.82) is 0 Å². The topological polar surface area (TPSA) is 60.4 Å². The molecule has 0 radical (unpaired) electrons. The fraction of sp³-hybridized carbons (Fsp3) is 0.300. The van der Waals surface area contributed by atoms with Crippen LogP contribution < -0.4 is 0 Å². The van der Waals surface area contributed by atoms with Gasteiger partial charge in [-0.1, -0.05) is 11.6 Å². The van der Waals surface area contributed by atoms with E-state index in [1.54, 1.807) is 6.92 Å². The van der Waals surface area contributed by atoms with Gasteiger partial charge in [-0.15, -0.1) is 0 Å². The molecule has 0 unspecified atom stereocenters. The maximum atomic E-state index is 13.6. The van der Waals surface area contributed by atoms with Crippen molar-refractivity contribution < 1.29 is 22.3 Å². The molecule has 0 amide bonds. The number of rotatable bonds is 3. The molecule has 0 aliphatic heterocycles. The van der Waals surface area contributed by atoms with Crippen LogP contribution in [0.25, 0.3) is 0 Å². The predicted octanol–water partition coefficient (Wildman–Crippen LogP) is 2.06. The molecule has 0 N–H and O–H groups in total. The molecule has 0 heterocycles. The Labute approximate surface area is 103 Å².